The lowest BCUT2D eigenvalue weighted by atomic mass is 10.0. The van der Waals surface area contributed by atoms with Gasteiger partial charge in [-0.1, -0.05) is 44.2 Å². The van der Waals surface area contributed by atoms with Gasteiger partial charge in [-0.05, 0) is 43.9 Å². The molecule has 1 aliphatic rings. The van der Waals surface area contributed by atoms with Gasteiger partial charge in [-0.3, -0.25) is 19.2 Å². The first-order valence-electron chi connectivity index (χ1n) is 14.9. The molecule has 0 unspecified atom stereocenters. The molecule has 0 saturated heterocycles. The number of aryl methyl sites for hydroxylation is 1. The molecule has 2 aromatic carbocycles. The van der Waals surface area contributed by atoms with Crippen molar-refractivity contribution < 1.29 is 14.4 Å². The summed E-state index contributed by atoms with van der Waals surface area (Å²) in [6.07, 6.45) is 2.47. The predicted molar refractivity (Wildman–Crippen MR) is 166 cm³/mol. The van der Waals surface area contributed by atoms with E-state index in [1.807, 2.05) is 51.1 Å². The number of hydrogen-bond donors (Lipinski definition) is 2. The van der Waals surface area contributed by atoms with Crippen molar-refractivity contribution in [2.75, 3.05) is 13.1 Å². The highest BCUT2D eigenvalue weighted by molar-refractivity contribution is 5.97. The topological polar surface area (TPSA) is 144 Å². The summed E-state index contributed by atoms with van der Waals surface area (Å²) >= 11 is 0. The van der Waals surface area contributed by atoms with Gasteiger partial charge in [-0.15, -0.1) is 0 Å². The second-order valence-electron chi connectivity index (χ2n) is 11.7. The Bertz CT molecular complexity index is 1730. The molecule has 3 heterocycles. The maximum absolute atomic E-state index is 13.8. The number of amides is 3. The first-order valence-corrected chi connectivity index (χ1v) is 14.9. The third kappa shape index (κ3) is 6.85. The molecule has 4 aromatic rings. The molecule has 0 fully saturated rings. The zero-order chi connectivity index (χ0) is 31.4. The first-order chi connectivity index (χ1) is 21.1. The van der Waals surface area contributed by atoms with Crippen molar-refractivity contribution in [3.63, 3.8) is 0 Å². The van der Waals surface area contributed by atoms with Gasteiger partial charge in [0.15, 0.2) is 5.82 Å². The molecule has 3 amide bonds. The van der Waals surface area contributed by atoms with E-state index < -0.39 is 12.1 Å². The smallest absolute Gasteiger partial charge is 0.260 e. The van der Waals surface area contributed by atoms with Gasteiger partial charge < -0.3 is 20.1 Å². The number of aromatic nitrogens is 5. The van der Waals surface area contributed by atoms with Crippen LogP contribution in [-0.2, 0) is 23.2 Å². The Labute approximate surface area is 255 Å². The summed E-state index contributed by atoms with van der Waals surface area (Å²) in [5.41, 5.74) is 1.47. The van der Waals surface area contributed by atoms with Crippen molar-refractivity contribution in [3.8, 4) is 11.4 Å². The largest absolute Gasteiger partial charge is 0.345 e. The number of nitrogens with zero attached hydrogens (tertiary/aromatic N) is 6. The van der Waals surface area contributed by atoms with Crippen molar-refractivity contribution in [2.24, 2.45) is 13.0 Å². The monoisotopic (exact) mass is 598 g/mol. The lowest BCUT2D eigenvalue weighted by molar-refractivity contribution is -0.129. The summed E-state index contributed by atoms with van der Waals surface area (Å²) in [7, 11) is 1.63. The molecule has 44 heavy (non-hydrogen) atoms. The van der Waals surface area contributed by atoms with Gasteiger partial charge in [0.25, 0.3) is 11.5 Å². The third-order valence-corrected chi connectivity index (χ3v) is 7.70. The fourth-order valence-electron chi connectivity index (χ4n) is 5.38. The number of hydrogen-bond acceptors (Lipinski definition) is 7. The molecule has 5 rings (SSSR count). The Morgan fingerprint density at radius 3 is 2.55 bits per heavy atom. The molecule has 0 spiro atoms. The molecule has 230 valence electrons. The Morgan fingerprint density at radius 2 is 1.80 bits per heavy atom. The summed E-state index contributed by atoms with van der Waals surface area (Å²) < 4.78 is 3.13. The van der Waals surface area contributed by atoms with Crippen LogP contribution in [0, 0.1) is 5.92 Å². The van der Waals surface area contributed by atoms with E-state index in [-0.39, 0.29) is 42.2 Å². The second kappa shape index (κ2) is 13.2. The fraction of sp³-hybridized carbons (Fsp3) is 0.406. The van der Waals surface area contributed by atoms with Gasteiger partial charge in [0.05, 0.1) is 29.8 Å². The van der Waals surface area contributed by atoms with Crippen LogP contribution in [0.4, 0.5) is 0 Å². The predicted octanol–water partition coefficient (Wildman–Crippen LogP) is 2.84. The van der Waals surface area contributed by atoms with Crippen LogP contribution in [0.3, 0.4) is 0 Å². The average Bonchev–Trinajstić information content (AvgIpc) is 3.44. The fourth-order valence-corrected chi connectivity index (χ4v) is 5.38. The van der Waals surface area contributed by atoms with E-state index in [2.05, 4.69) is 15.6 Å². The minimum atomic E-state index is -0.701. The molecule has 2 aromatic heterocycles. The van der Waals surface area contributed by atoms with Gasteiger partial charge in [-0.2, -0.15) is 5.10 Å². The van der Waals surface area contributed by atoms with E-state index in [0.717, 1.165) is 5.56 Å². The number of rotatable bonds is 4. The lowest BCUT2D eigenvalue weighted by Gasteiger charge is -2.26. The number of carbonyl (C=O) groups is 3. The molecule has 2 atom stereocenters. The van der Waals surface area contributed by atoms with Crippen molar-refractivity contribution in [1.82, 2.24) is 39.8 Å². The summed E-state index contributed by atoms with van der Waals surface area (Å²) in [5.74, 6) is 0.469. The van der Waals surface area contributed by atoms with E-state index in [9.17, 15) is 19.2 Å². The summed E-state index contributed by atoms with van der Waals surface area (Å²) in [6.45, 7) is 6.74. The van der Waals surface area contributed by atoms with Crippen molar-refractivity contribution in [2.45, 2.75) is 58.7 Å². The maximum Gasteiger partial charge on any atom is 0.260 e. The number of carbonyl (C=O) groups excluding carboxylic acids is 3. The van der Waals surface area contributed by atoms with Crippen LogP contribution in [0.2, 0.25) is 0 Å². The minimum Gasteiger partial charge on any atom is -0.345 e. The highest BCUT2D eigenvalue weighted by atomic mass is 16.2. The van der Waals surface area contributed by atoms with Gasteiger partial charge in [-0.25, -0.2) is 14.6 Å². The molecule has 0 saturated carbocycles. The first kappa shape index (κ1) is 30.6. The Balaban J connectivity index is 1.49. The van der Waals surface area contributed by atoms with Crippen LogP contribution >= 0.6 is 0 Å². The quantitative estimate of drug-likeness (QED) is 0.368. The van der Waals surface area contributed by atoms with E-state index in [4.69, 9.17) is 10.1 Å². The normalized spacial score (nSPS) is 18.4. The Hall–Kier alpha value is -4.87. The second-order valence-corrected chi connectivity index (χ2v) is 11.7. The van der Waals surface area contributed by atoms with E-state index in [0.29, 0.717) is 54.0 Å². The zero-order valence-electron chi connectivity index (χ0n) is 25.5. The number of benzene rings is 2. The van der Waals surface area contributed by atoms with Gasteiger partial charge >= 0.3 is 0 Å². The Morgan fingerprint density at radius 1 is 1.02 bits per heavy atom. The van der Waals surface area contributed by atoms with E-state index in [1.54, 1.807) is 34.8 Å². The number of nitrogens with one attached hydrogen (secondary N) is 2. The number of fused-ring (bicyclic) bond motifs is 2. The van der Waals surface area contributed by atoms with Crippen LogP contribution < -0.4 is 16.2 Å². The van der Waals surface area contributed by atoms with Crippen LogP contribution in [0.25, 0.3) is 22.3 Å². The van der Waals surface area contributed by atoms with Crippen LogP contribution in [0.5, 0.6) is 0 Å². The van der Waals surface area contributed by atoms with Crippen LogP contribution in [0.1, 0.15) is 62.3 Å². The lowest BCUT2D eigenvalue weighted by Crippen LogP contribution is -2.48. The van der Waals surface area contributed by atoms with Crippen molar-refractivity contribution >= 4 is 28.6 Å². The molecule has 12 heteroatoms. The van der Waals surface area contributed by atoms with E-state index >= 15 is 0 Å². The molecule has 1 aliphatic heterocycles. The SMILES string of the molecule is CC(C)C[C@H]1NC(=O)CCCN(C(=O)c2ccc3c(=O)n(C)cnc3c2)CCn2nc(-c3ccccc3)nc2[C@@H](C)NC1=O. The van der Waals surface area contributed by atoms with Crippen LogP contribution in [-0.4, -0.2) is 66.1 Å². The standard InChI is InChI=1S/C32H38N8O4/c1-20(2)17-26-30(42)34-21(3)29-36-28(22-9-6-5-7-10-22)37-40(29)16-15-39(14-8-11-27(41)35-26)31(43)23-12-13-24-25(18-23)33-19-38(4)32(24)44/h5-7,9-10,12-13,18-21,26H,8,11,14-17H2,1-4H3,(H,34,42)(H,35,41)/t21-,26-/m1/s1. The molecule has 12 nitrogen and oxygen atoms in total. The molecule has 2 N–H and O–H groups in total. The highest BCUT2D eigenvalue weighted by Gasteiger charge is 2.27. The zero-order valence-corrected chi connectivity index (χ0v) is 25.5. The van der Waals surface area contributed by atoms with E-state index in [1.165, 1.54) is 10.9 Å². The molecule has 0 aliphatic carbocycles. The third-order valence-electron chi connectivity index (χ3n) is 7.70. The highest BCUT2D eigenvalue weighted by Crippen LogP contribution is 2.20. The average molecular weight is 599 g/mol. The summed E-state index contributed by atoms with van der Waals surface area (Å²) in [5, 5.41) is 11.1. The minimum absolute atomic E-state index is 0.156. The molecule has 0 bridgehead atoms. The van der Waals surface area contributed by atoms with Gasteiger partial charge in [0.2, 0.25) is 11.8 Å². The van der Waals surface area contributed by atoms with Crippen molar-refractivity contribution in [3.05, 3.63) is 76.6 Å². The molecular formula is C32H38N8O4. The summed E-state index contributed by atoms with van der Waals surface area (Å²) in [4.78, 5) is 63.4. The maximum atomic E-state index is 13.8. The summed E-state index contributed by atoms with van der Waals surface area (Å²) in [6, 6.07) is 13.2. The van der Waals surface area contributed by atoms with Gasteiger partial charge in [0, 0.05) is 37.7 Å². The van der Waals surface area contributed by atoms with Crippen LogP contribution in [0.15, 0.2) is 59.7 Å². The van der Waals surface area contributed by atoms with Gasteiger partial charge in [0.1, 0.15) is 11.9 Å². The Kier molecular flexibility index (Phi) is 9.17. The van der Waals surface area contributed by atoms with Crippen molar-refractivity contribution in [1.29, 1.82) is 0 Å². The molecule has 0 radical (unpaired) electrons. The molecular weight excluding hydrogens is 560 g/mol.